The molecule has 1 atom stereocenters. The minimum atomic E-state index is -1.70. The molecule has 1 aliphatic heterocycles. The van der Waals surface area contributed by atoms with Gasteiger partial charge >= 0.3 is 0 Å². The maximum Gasteiger partial charge on any atom is 0.223 e. The molecule has 4 heterocycles. The molecule has 0 saturated carbocycles. The zero-order valence-electron chi connectivity index (χ0n) is 19.1. The minimum Gasteiger partial charge on any atom is -0.371 e. The number of aromatic nitrogens is 5. The Kier molecular flexibility index (Phi) is 5.68. The number of fused-ring (bicyclic) bond motifs is 1. The quantitative estimate of drug-likeness (QED) is 0.428. The normalized spacial score (nSPS) is 17.0. The first-order valence-corrected chi connectivity index (χ1v) is 11.4. The van der Waals surface area contributed by atoms with Gasteiger partial charge in [0.15, 0.2) is 10.8 Å². The summed E-state index contributed by atoms with van der Waals surface area (Å²) in [4.78, 5) is 6.32. The number of nitrogens with one attached hydrogen (secondary N) is 1. The van der Waals surface area contributed by atoms with Crippen molar-refractivity contribution in [3.8, 4) is 23.0 Å². The molecule has 0 amide bonds. The number of piperidine rings is 1. The molecule has 0 spiro atoms. The average Bonchev–Trinajstić information content (AvgIpc) is 3.51. The second-order valence-corrected chi connectivity index (χ2v) is 9.24. The highest BCUT2D eigenvalue weighted by atomic mass is 35.5. The van der Waals surface area contributed by atoms with Crippen LogP contribution in [-0.2, 0) is 5.60 Å². The van der Waals surface area contributed by atoms with Gasteiger partial charge in [0.05, 0.1) is 11.1 Å². The van der Waals surface area contributed by atoms with E-state index in [0.717, 1.165) is 48.0 Å². The average molecular weight is 483 g/mol. The molecule has 176 valence electrons. The molecular weight excluding hydrogens is 459 g/mol. The lowest BCUT2D eigenvalue weighted by atomic mass is 10.0. The fourth-order valence-electron chi connectivity index (χ4n) is 4.36. The number of aliphatic hydroxyl groups is 1. The molecule has 10 heteroatoms. The maximum absolute atomic E-state index is 15.2. The molecule has 0 aliphatic carbocycles. The van der Waals surface area contributed by atoms with Gasteiger partial charge in [-0.25, -0.2) is 4.39 Å². The lowest BCUT2D eigenvalue weighted by Gasteiger charge is -2.30. The highest BCUT2D eigenvalue weighted by molar-refractivity contribution is 6.32. The van der Waals surface area contributed by atoms with Crippen molar-refractivity contribution in [2.75, 3.05) is 20.1 Å². The number of benzene rings is 1. The van der Waals surface area contributed by atoms with Crippen LogP contribution < -0.4 is 0 Å². The molecule has 1 saturated heterocycles. The molecule has 1 aromatic carbocycles. The van der Waals surface area contributed by atoms with Crippen LogP contribution in [0.25, 0.3) is 22.0 Å². The number of halogens is 2. The summed E-state index contributed by atoms with van der Waals surface area (Å²) in [6.07, 6.45) is 5.68. The molecule has 0 radical (unpaired) electrons. The van der Waals surface area contributed by atoms with E-state index in [1.165, 1.54) is 13.0 Å². The molecular formula is C24H24ClFN6O2. The van der Waals surface area contributed by atoms with E-state index in [0.29, 0.717) is 11.0 Å². The van der Waals surface area contributed by atoms with Crippen molar-refractivity contribution in [3.05, 3.63) is 52.8 Å². The van der Waals surface area contributed by atoms with E-state index in [2.05, 4.69) is 48.7 Å². The third-order valence-corrected chi connectivity index (χ3v) is 6.58. The summed E-state index contributed by atoms with van der Waals surface area (Å²) in [5.74, 6) is 5.30. The summed E-state index contributed by atoms with van der Waals surface area (Å²) in [6, 6.07) is 3.44. The summed E-state index contributed by atoms with van der Waals surface area (Å²) < 4.78 is 22.3. The van der Waals surface area contributed by atoms with Crippen molar-refractivity contribution in [3.63, 3.8) is 0 Å². The van der Waals surface area contributed by atoms with E-state index in [1.807, 2.05) is 6.20 Å². The Morgan fingerprint density at radius 1 is 1.29 bits per heavy atom. The highest BCUT2D eigenvalue weighted by Gasteiger charge is 2.27. The first kappa shape index (κ1) is 22.6. The van der Waals surface area contributed by atoms with Gasteiger partial charge in [0.2, 0.25) is 11.7 Å². The van der Waals surface area contributed by atoms with Crippen LogP contribution in [0.5, 0.6) is 0 Å². The maximum atomic E-state index is 15.2. The fraction of sp³-hybridized carbons (Fsp3) is 0.375. The first-order valence-electron chi connectivity index (χ1n) is 11.0. The number of nitrogens with zero attached hydrogens (tertiary/aromatic N) is 5. The SMILES string of the molecule is Cc1nc(C(C)(O)C#Cc2cc3c(-c4c[nH]nc4Cl)cn(C4CCN(C)CC4)c3cc2F)no1. The molecule has 34 heavy (non-hydrogen) atoms. The van der Waals surface area contributed by atoms with Gasteiger partial charge in [0.25, 0.3) is 0 Å². The standard InChI is InChI=1S/C24H24ClFN6O2/c1-14-28-23(30-34-14)24(2,33)7-4-15-10-17-19(18-12-27-29-22(18)25)13-32(21(17)11-20(15)26)16-5-8-31(3)9-6-16/h10-13,16,33H,5-6,8-9H2,1-3H3,(H,27,29). The van der Waals surface area contributed by atoms with Gasteiger partial charge in [-0.3, -0.25) is 5.10 Å². The number of H-pyrrole nitrogens is 1. The van der Waals surface area contributed by atoms with Gasteiger partial charge in [-0.1, -0.05) is 28.6 Å². The molecule has 2 N–H and O–H groups in total. The van der Waals surface area contributed by atoms with Crippen molar-refractivity contribution in [1.29, 1.82) is 0 Å². The van der Waals surface area contributed by atoms with Crippen molar-refractivity contribution >= 4 is 22.5 Å². The largest absolute Gasteiger partial charge is 0.371 e. The van der Waals surface area contributed by atoms with Crippen LogP contribution in [0.1, 0.15) is 43.1 Å². The number of aromatic amines is 1. The molecule has 1 aliphatic rings. The lowest BCUT2D eigenvalue weighted by Crippen LogP contribution is -2.31. The number of rotatable bonds is 3. The second kappa shape index (κ2) is 8.55. The van der Waals surface area contributed by atoms with Crippen LogP contribution >= 0.6 is 11.6 Å². The number of aryl methyl sites for hydroxylation is 1. The van der Waals surface area contributed by atoms with E-state index >= 15 is 4.39 Å². The van der Waals surface area contributed by atoms with E-state index in [1.54, 1.807) is 19.2 Å². The van der Waals surface area contributed by atoms with Gasteiger partial charge in [0, 0.05) is 41.9 Å². The fourth-order valence-corrected chi connectivity index (χ4v) is 4.57. The molecule has 5 rings (SSSR count). The Morgan fingerprint density at radius 3 is 2.71 bits per heavy atom. The van der Waals surface area contributed by atoms with Gasteiger partial charge in [0.1, 0.15) is 5.82 Å². The van der Waals surface area contributed by atoms with Gasteiger partial charge < -0.3 is 19.1 Å². The zero-order valence-corrected chi connectivity index (χ0v) is 19.8. The molecule has 4 aromatic rings. The zero-order chi connectivity index (χ0) is 24.0. The monoisotopic (exact) mass is 482 g/mol. The summed E-state index contributed by atoms with van der Waals surface area (Å²) in [7, 11) is 2.11. The Balaban J connectivity index is 1.62. The molecule has 1 unspecified atom stereocenters. The Labute approximate surface area is 200 Å². The highest BCUT2D eigenvalue weighted by Crippen LogP contribution is 2.38. The molecule has 1 fully saturated rings. The van der Waals surface area contributed by atoms with Crippen LogP contribution in [0.3, 0.4) is 0 Å². The molecule has 8 nitrogen and oxygen atoms in total. The number of hydrogen-bond acceptors (Lipinski definition) is 6. The van der Waals surface area contributed by atoms with Crippen LogP contribution in [0.4, 0.5) is 4.39 Å². The summed E-state index contributed by atoms with van der Waals surface area (Å²) in [5.41, 5.74) is 0.797. The number of hydrogen-bond donors (Lipinski definition) is 2. The lowest BCUT2D eigenvalue weighted by molar-refractivity contribution is 0.108. The van der Waals surface area contributed by atoms with Crippen molar-refractivity contribution in [2.24, 2.45) is 0 Å². The van der Waals surface area contributed by atoms with Crippen LogP contribution in [-0.4, -0.2) is 55.0 Å². The van der Waals surface area contributed by atoms with Crippen LogP contribution in [0, 0.1) is 24.6 Å². The minimum absolute atomic E-state index is 0.0262. The Morgan fingerprint density at radius 2 is 2.06 bits per heavy atom. The number of likely N-dealkylation sites (tertiary alicyclic amines) is 1. The third kappa shape index (κ3) is 4.09. The Hall–Kier alpha value is -3.19. The third-order valence-electron chi connectivity index (χ3n) is 6.29. The van der Waals surface area contributed by atoms with Crippen molar-refractivity contribution in [2.45, 2.75) is 38.3 Å². The van der Waals surface area contributed by atoms with Gasteiger partial charge in [-0.15, -0.1) is 0 Å². The van der Waals surface area contributed by atoms with Crippen molar-refractivity contribution in [1.82, 2.24) is 29.8 Å². The van der Waals surface area contributed by atoms with Gasteiger partial charge in [-0.2, -0.15) is 10.1 Å². The van der Waals surface area contributed by atoms with Crippen LogP contribution in [0.15, 0.2) is 29.0 Å². The summed E-state index contributed by atoms with van der Waals surface area (Å²) in [6.45, 7) is 5.00. The van der Waals surface area contributed by atoms with Gasteiger partial charge in [-0.05, 0) is 52.0 Å². The molecule has 0 bridgehead atoms. The van der Waals surface area contributed by atoms with Crippen LogP contribution in [0.2, 0.25) is 5.15 Å². The second-order valence-electron chi connectivity index (χ2n) is 8.88. The predicted octanol–water partition coefficient (Wildman–Crippen LogP) is 4.04. The summed E-state index contributed by atoms with van der Waals surface area (Å²) >= 11 is 6.33. The predicted molar refractivity (Wildman–Crippen MR) is 126 cm³/mol. The Bertz CT molecular complexity index is 1420. The van der Waals surface area contributed by atoms with E-state index < -0.39 is 11.4 Å². The van der Waals surface area contributed by atoms with E-state index in [-0.39, 0.29) is 17.4 Å². The topological polar surface area (TPSA) is 96.0 Å². The first-order chi connectivity index (χ1) is 16.2. The molecule has 3 aromatic heterocycles. The van der Waals surface area contributed by atoms with E-state index in [9.17, 15) is 5.11 Å². The summed E-state index contributed by atoms with van der Waals surface area (Å²) in [5, 5.41) is 22.4. The smallest absolute Gasteiger partial charge is 0.223 e. The van der Waals surface area contributed by atoms with Crippen molar-refractivity contribution < 1.29 is 14.0 Å². The van der Waals surface area contributed by atoms with E-state index in [4.69, 9.17) is 16.1 Å².